The van der Waals surface area contributed by atoms with Crippen LogP contribution in [0.3, 0.4) is 0 Å². The van der Waals surface area contributed by atoms with Crippen molar-refractivity contribution in [2.45, 2.75) is 52.1 Å². The van der Waals surface area contributed by atoms with E-state index in [1.807, 2.05) is 0 Å². The number of amides is 1. The molecule has 0 bridgehead atoms. The molecule has 0 aromatic heterocycles. The van der Waals surface area contributed by atoms with Crippen molar-refractivity contribution in [3.8, 4) is 5.75 Å². The highest BCUT2D eigenvalue weighted by atomic mass is 16.5. The Labute approximate surface area is 137 Å². The molecule has 1 aromatic carbocycles. The molecule has 5 heteroatoms. The van der Waals surface area contributed by atoms with Crippen molar-refractivity contribution in [1.82, 2.24) is 4.90 Å². The molecule has 1 N–H and O–H groups in total. The van der Waals surface area contributed by atoms with E-state index in [2.05, 4.69) is 13.8 Å². The van der Waals surface area contributed by atoms with Gasteiger partial charge in [0.15, 0.2) is 0 Å². The first-order chi connectivity index (χ1) is 10.9. The van der Waals surface area contributed by atoms with Crippen molar-refractivity contribution in [2.75, 3.05) is 6.61 Å². The van der Waals surface area contributed by atoms with Crippen LogP contribution in [-0.4, -0.2) is 40.6 Å². The van der Waals surface area contributed by atoms with Gasteiger partial charge in [0, 0.05) is 11.6 Å². The van der Waals surface area contributed by atoms with Crippen LogP contribution in [0.5, 0.6) is 5.75 Å². The number of carboxylic acid groups (broad SMARTS) is 1. The summed E-state index contributed by atoms with van der Waals surface area (Å²) in [5.41, 5.74) is 0.501. The third kappa shape index (κ3) is 4.71. The van der Waals surface area contributed by atoms with E-state index in [-0.39, 0.29) is 11.9 Å². The maximum Gasteiger partial charge on any atom is 0.326 e. The normalized spacial score (nSPS) is 15.3. The molecule has 1 aliphatic rings. The lowest BCUT2D eigenvalue weighted by molar-refractivity contribution is -0.141. The predicted octanol–water partition coefficient (Wildman–Crippen LogP) is 3.19. The number of rotatable bonds is 8. The van der Waals surface area contributed by atoms with Gasteiger partial charge < -0.3 is 14.7 Å². The van der Waals surface area contributed by atoms with Crippen molar-refractivity contribution in [2.24, 2.45) is 5.92 Å². The second-order valence-electron chi connectivity index (χ2n) is 6.51. The Hall–Kier alpha value is -2.04. The van der Waals surface area contributed by atoms with Gasteiger partial charge in [-0.15, -0.1) is 0 Å². The molecule has 1 atom stereocenters. The summed E-state index contributed by atoms with van der Waals surface area (Å²) in [6.45, 7) is 6.49. The highest BCUT2D eigenvalue weighted by molar-refractivity contribution is 5.97. The summed E-state index contributed by atoms with van der Waals surface area (Å²) >= 11 is 0. The zero-order valence-corrected chi connectivity index (χ0v) is 14.0. The first kappa shape index (κ1) is 17.3. The first-order valence-electron chi connectivity index (χ1n) is 8.18. The molecule has 1 saturated carbocycles. The first-order valence-corrected chi connectivity index (χ1v) is 8.18. The monoisotopic (exact) mass is 319 g/mol. The topological polar surface area (TPSA) is 66.8 Å². The lowest BCUT2D eigenvalue weighted by Gasteiger charge is -2.26. The van der Waals surface area contributed by atoms with Crippen LogP contribution >= 0.6 is 0 Å². The molecule has 0 spiro atoms. The van der Waals surface area contributed by atoms with Gasteiger partial charge in [0.25, 0.3) is 5.91 Å². The molecule has 1 amide bonds. The SMILES string of the molecule is CC(C)CCOc1ccc(C(=O)N(C2CC2)C(C)C(=O)O)cc1. The molecule has 0 radical (unpaired) electrons. The van der Waals surface area contributed by atoms with Gasteiger partial charge in [0.1, 0.15) is 11.8 Å². The Morgan fingerprint density at radius 1 is 1.22 bits per heavy atom. The molecule has 23 heavy (non-hydrogen) atoms. The van der Waals surface area contributed by atoms with Crippen LogP contribution < -0.4 is 4.74 Å². The predicted molar refractivity (Wildman–Crippen MR) is 87.7 cm³/mol. The molecule has 1 fully saturated rings. The summed E-state index contributed by atoms with van der Waals surface area (Å²) in [7, 11) is 0. The van der Waals surface area contributed by atoms with Crippen molar-refractivity contribution >= 4 is 11.9 Å². The minimum atomic E-state index is -0.973. The van der Waals surface area contributed by atoms with Crippen molar-refractivity contribution in [1.29, 1.82) is 0 Å². The standard InChI is InChI=1S/C18H25NO4/c1-12(2)10-11-23-16-8-4-14(5-9-16)17(20)19(15-6-7-15)13(3)18(21)22/h4-5,8-9,12-13,15H,6-7,10-11H2,1-3H3,(H,21,22). The van der Waals surface area contributed by atoms with E-state index >= 15 is 0 Å². The fourth-order valence-corrected chi connectivity index (χ4v) is 2.38. The van der Waals surface area contributed by atoms with Gasteiger partial charge in [-0.2, -0.15) is 0 Å². The Kier molecular flexibility index (Phi) is 5.64. The van der Waals surface area contributed by atoms with Gasteiger partial charge in [0.2, 0.25) is 0 Å². The summed E-state index contributed by atoms with van der Waals surface area (Å²) in [4.78, 5) is 25.3. The van der Waals surface area contributed by atoms with Crippen LogP contribution in [0.2, 0.25) is 0 Å². The molecule has 2 rings (SSSR count). The van der Waals surface area contributed by atoms with E-state index in [0.29, 0.717) is 18.1 Å². The number of hydrogen-bond acceptors (Lipinski definition) is 3. The highest BCUT2D eigenvalue weighted by Gasteiger charge is 2.38. The number of aliphatic carboxylic acids is 1. The molecule has 126 valence electrons. The van der Waals surface area contributed by atoms with Crippen molar-refractivity contribution in [3.05, 3.63) is 29.8 Å². The molecule has 1 aromatic rings. The third-order valence-corrected chi connectivity index (χ3v) is 4.01. The highest BCUT2D eigenvalue weighted by Crippen LogP contribution is 2.30. The smallest absolute Gasteiger partial charge is 0.326 e. The van der Waals surface area contributed by atoms with E-state index in [1.165, 1.54) is 4.90 Å². The largest absolute Gasteiger partial charge is 0.494 e. The summed E-state index contributed by atoms with van der Waals surface area (Å²) in [5.74, 6) is 0.113. The van der Waals surface area contributed by atoms with Crippen LogP contribution in [0.15, 0.2) is 24.3 Å². The third-order valence-electron chi connectivity index (χ3n) is 4.01. The number of benzene rings is 1. The Morgan fingerprint density at radius 3 is 2.30 bits per heavy atom. The van der Waals surface area contributed by atoms with E-state index < -0.39 is 12.0 Å². The molecule has 0 saturated heterocycles. The number of hydrogen-bond donors (Lipinski definition) is 1. The summed E-state index contributed by atoms with van der Waals surface area (Å²) in [5, 5.41) is 9.20. The molecular formula is C18H25NO4. The van der Waals surface area contributed by atoms with Crippen LogP contribution in [0.1, 0.15) is 50.4 Å². The van der Waals surface area contributed by atoms with E-state index in [9.17, 15) is 14.7 Å². The zero-order valence-electron chi connectivity index (χ0n) is 14.0. The molecule has 0 aliphatic heterocycles. The van der Waals surface area contributed by atoms with Crippen LogP contribution in [0.4, 0.5) is 0 Å². The fraction of sp³-hybridized carbons (Fsp3) is 0.556. The van der Waals surface area contributed by atoms with Crippen LogP contribution in [0, 0.1) is 5.92 Å². The summed E-state index contributed by atoms with van der Waals surface area (Å²) in [6, 6.07) is 6.19. The molecule has 0 heterocycles. The molecule has 5 nitrogen and oxygen atoms in total. The van der Waals surface area contributed by atoms with Crippen LogP contribution in [-0.2, 0) is 4.79 Å². The van der Waals surface area contributed by atoms with Gasteiger partial charge in [0.05, 0.1) is 6.61 Å². The molecule has 1 unspecified atom stereocenters. The number of carboxylic acids is 1. The zero-order chi connectivity index (χ0) is 17.0. The fourth-order valence-electron chi connectivity index (χ4n) is 2.38. The Bertz CT molecular complexity index is 549. The number of nitrogens with zero attached hydrogens (tertiary/aromatic N) is 1. The summed E-state index contributed by atoms with van der Waals surface area (Å²) < 4.78 is 5.64. The average molecular weight is 319 g/mol. The quantitative estimate of drug-likeness (QED) is 0.799. The second kappa shape index (κ2) is 7.49. The second-order valence-corrected chi connectivity index (χ2v) is 6.51. The van der Waals surface area contributed by atoms with Gasteiger partial charge >= 0.3 is 5.97 Å². The average Bonchev–Trinajstić information content (AvgIpc) is 3.32. The summed E-state index contributed by atoms with van der Waals surface area (Å²) in [6.07, 6.45) is 2.73. The Morgan fingerprint density at radius 2 is 1.83 bits per heavy atom. The minimum Gasteiger partial charge on any atom is -0.494 e. The van der Waals surface area contributed by atoms with E-state index in [0.717, 1.165) is 25.0 Å². The number of carbonyl (C=O) groups is 2. The lowest BCUT2D eigenvalue weighted by atomic mass is 10.1. The number of ether oxygens (including phenoxy) is 1. The number of carbonyl (C=O) groups excluding carboxylic acids is 1. The van der Waals surface area contributed by atoms with Crippen LogP contribution in [0.25, 0.3) is 0 Å². The van der Waals surface area contributed by atoms with E-state index in [4.69, 9.17) is 4.74 Å². The molecular weight excluding hydrogens is 294 g/mol. The minimum absolute atomic E-state index is 0.0515. The maximum absolute atomic E-state index is 12.6. The van der Waals surface area contributed by atoms with Crippen molar-refractivity contribution in [3.63, 3.8) is 0 Å². The van der Waals surface area contributed by atoms with Gasteiger partial charge in [-0.3, -0.25) is 4.79 Å². The van der Waals surface area contributed by atoms with Gasteiger partial charge in [-0.25, -0.2) is 4.79 Å². The maximum atomic E-state index is 12.6. The van der Waals surface area contributed by atoms with Gasteiger partial charge in [-0.1, -0.05) is 13.8 Å². The lowest BCUT2D eigenvalue weighted by Crippen LogP contribution is -2.44. The van der Waals surface area contributed by atoms with Crippen molar-refractivity contribution < 1.29 is 19.4 Å². The van der Waals surface area contributed by atoms with E-state index in [1.54, 1.807) is 31.2 Å². The Balaban J connectivity index is 2.02. The van der Waals surface area contributed by atoms with Gasteiger partial charge in [-0.05, 0) is 56.4 Å². The molecule has 1 aliphatic carbocycles.